The number of para-hydroxylation sites is 1. The van der Waals surface area contributed by atoms with Gasteiger partial charge in [-0.3, -0.25) is 0 Å². The molecule has 9 aromatic carbocycles. The van der Waals surface area contributed by atoms with Crippen molar-refractivity contribution in [3.05, 3.63) is 212 Å². The van der Waals surface area contributed by atoms with Gasteiger partial charge >= 0.3 is 0 Å². The van der Waals surface area contributed by atoms with Gasteiger partial charge < -0.3 is 13.7 Å². The summed E-state index contributed by atoms with van der Waals surface area (Å²) in [4.78, 5) is 2.33. The summed E-state index contributed by atoms with van der Waals surface area (Å²) >= 11 is 0. The van der Waals surface area contributed by atoms with Crippen molar-refractivity contribution in [1.82, 2.24) is 0 Å². The largest absolute Gasteiger partial charge is 0.456 e. The van der Waals surface area contributed by atoms with E-state index in [9.17, 15) is 0 Å². The number of fused-ring (bicyclic) bond motifs is 6. The first kappa shape index (κ1) is 32.8. The van der Waals surface area contributed by atoms with E-state index in [4.69, 9.17) is 8.83 Å². The van der Waals surface area contributed by atoms with Crippen LogP contribution in [0.2, 0.25) is 0 Å². The van der Waals surface area contributed by atoms with Gasteiger partial charge in [0.1, 0.15) is 22.3 Å². The highest BCUT2D eigenvalue weighted by molar-refractivity contribution is 6.11. The Balaban J connectivity index is 1.00. The molecule has 57 heavy (non-hydrogen) atoms. The molecule has 0 spiro atoms. The van der Waals surface area contributed by atoms with E-state index in [-0.39, 0.29) is 0 Å². The number of hydrogen-bond acceptors (Lipinski definition) is 3. The Hall–Kier alpha value is -7.62. The summed E-state index contributed by atoms with van der Waals surface area (Å²) in [6, 6.07) is 75.1. The average molecular weight is 730 g/mol. The monoisotopic (exact) mass is 729 g/mol. The van der Waals surface area contributed by atoms with Crippen LogP contribution in [0.5, 0.6) is 0 Å². The molecule has 0 unspecified atom stereocenters. The minimum Gasteiger partial charge on any atom is -0.456 e. The Bertz CT molecular complexity index is 3200. The lowest BCUT2D eigenvalue weighted by Crippen LogP contribution is -2.09. The van der Waals surface area contributed by atoms with E-state index in [1.54, 1.807) is 0 Å². The van der Waals surface area contributed by atoms with E-state index in [2.05, 4.69) is 211 Å². The van der Waals surface area contributed by atoms with Crippen molar-refractivity contribution in [2.75, 3.05) is 4.90 Å². The molecule has 268 valence electrons. The van der Waals surface area contributed by atoms with Gasteiger partial charge in [0.25, 0.3) is 0 Å². The van der Waals surface area contributed by atoms with Gasteiger partial charge in [-0.2, -0.15) is 0 Å². The van der Waals surface area contributed by atoms with Crippen LogP contribution in [0.4, 0.5) is 17.1 Å². The maximum absolute atomic E-state index is 6.48. The smallest absolute Gasteiger partial charge is 0.143 e. The van der Waals surface area contributed by atoms with E-state index in [0.717, 1.165) is 83.2 Å². The molecule has 3 nitrogen and oxygen atoms in total. The summed E-state index contributed by atoms with van der Waals surface area (Å²) in [5.41, 5.74) is 16.0. The van der Waals surface area contributed by atoms with Crippen LogP contribution < -0.4 is 4.90 Å². The zero-order valence-corrected chi connectivity index (χ0v) is 31.0. The minimum absolute atomic E-state index is 0.867. The third kappa shape index (κ3) is 5.85. The fourth-order valence-electron chi connectivity index (χ4n) is 8.22. The summed E-state index contributed by atoms with van der Waals surface area (Å²) in [7, 11) is 0. The second-order valence-electron chi connectivity index (χ2n) is 14.5. The highest BCUT2D eigenvalue weighted by Gasteiger charge is 2.18. The van der Waals surface area contributed by atoms with Crippen LogP contribution in [-0.2, 0) is 0 Å². The molecule has 0 aliphatic carbocycles. The molecule has 3 heteroatoms. The zero-order valence-electron chi connectivity index (χ0n) is 31.0. The molecule has 2 aromatic heterocycles. The molecule has 2 heterocycles. The van der Waals surface area contributed by atoms with Crippen LogP contribution >= 0.6 is 0 Å². The predicted molar refractivity (Wildman–Crippen MR) is 237 cm³/mol. The molecule has 11 rings (SSSR count). The molecule has 0 atom stereocenters. The Kier molecular flexibility index (Phi) is 7.82. The van der Waals surface area contributed by atoms with Crippen LogP contribution in [0.1, 0.15) is 0 Å². The number of benzene rings is 9. The number of rotatable bonds is 7. The van der Waals surface area contributed by atoms with Gasteiger partial charge in [-0.05, 0) is 106 Å². The molecule has 0 radical (unpaired) electrons. The summed E-state index contributed by atoms with van der Waals surface area (Å²) < 4.78 is 12.9. The van der Waals surface area contributed by atoms with E-state index >= 15 is 0 Å². The second kappa shape index (κ2) is 13.6. The fourth-order valence-corrected chi connectivity index (χ4v) is 8.22. The molecule has 0 fully saturated rings. The van der Waals surface area contributed by atoms with Crippen LogP contribution in [0.15, 0.2) is 221 Å². The van der Waals surface area contributed by atoms with Crippen LogP contribution in [0.3, 0.4) is 0 Å². The highest BCUT2D eigenvalue weighted by Crippen LogP contribution is 2.42. The maximum atomic E-state index is 6.48. The first-order valence-electron chi connectivity index (χ1n) is 19.3. The van der Waals surface area contributed by atoms with Gasteiger partial charge in [0.05, 0.1) is 0 Å². The molecule has 0 bridgehead atoms. The van der Waals surface area contributed by atoms with Crippen molar-refractivity contribution in [2.45, 2.75) is 0 Å². The molecule has 0 N–H and O–H groups in total. The first-order valence-corrected chi connectivity index (χ1v) is 19.3. The topological polar surface area (TPSA) is 29.5 Å². The second-order valence-corrected chi connectivity index (χ2v) is 14.5. The standard InChI is InChI=1S/C54H35NO2/c1-4-11-36(12-5-1)38-19-25-43(26-20-38)55(45-29-32-52-50(35-45)49-34-41(23-30-51(49)56-52)37-13-6-2-7-14-37)44-27-21-39(22-28-44)42-24-31-53-48(33-42)47-18-10-17-46(54(47)57-53)40-15-8-3-9-16-40/h1-35H. The van der Waals surface area contributed by atoms with E-state index in [1.807, 2.05) is 6.07 Å². The number of hydrogen-bond donors (Lipinski definition) is 0. The molecular weight excluding hydrogens is 695 g/mol. The SMILES string of the molecule is c1ccc(-c2ccc(N(c3ccc(-c4ccc5oc6c(-c7ccccc7)cccc6c5c4)cc3)c3ccc4oc5ccc(-c6ccccc6)cc5c4c3)cc2)cc1. The molecule has 0 saturated carbocycles. The van der Waals surface area contributed by atoms with Gasteiger partial charge in [0, 0.05) is 44.2 Å². The van der Waals surface area contributed by atoms with Gasteiger partial charge in [0.2, 0.25) is 0 Å². The number of anilines is 3. The van der Waals surface area contributed by atoms with Crippen molar-refractivity contribution in [3.63, 3.8) is 0 Å². The maximum Gasteiger partial charge on any atom is 0.143 e. The lowest BCUT2D eigenvalue weighted by atomic mass is 10.00. The van der Waals surface area contributed by atoms with E-state index < -0.39 is 0 Å². The quantitative estimate of drug-likeness (QED) is 0.164. The lowest BCUT2D eigenvalue weighted by molar-refractivity contribution is 0.669. The van der Waals surface area contributed by atoms with Crippen LogP contribution in [0.25, 0.3) is 88.4 Å². The van der Waals surface area contributed by atoms with E-state index in [0.29, 0.717) is 0 Å². The average Bonchev–Trinajstić information content (AvgIpc) is 3.85. The molecular formula is C54H35NO2. The van der Waals surface area contributed by atoms with Crippen molar-refractivity contribution >= 4 is 60.9 Å². The molecule has 0 saturated heterocycles. The minimum atomic E-state index is 0.867. The Morgan fingerprint density at radius 1 is 0.263 bits per heavy atom. The molecule has 0 aliphatic heterocycles. The fraction of sp³-hybridized carbons (Fsp3) is 0. The van der Waals surface area contributed by atoms with Gasteiger partial charge in [0.15, 0.2) is 0 Å². The highest BCUT2D eigenvalue weighted by atomic mass is 16.3. The third-order valence-electron chi connectivity index (χ3n) is 11.1. The van der Waals surface area contributed by atoms with Gasteiger partial charge in [-0.15, -0.1) is 0 Å². The van der Waals surface area contributed by atoms with Crippen molar-refractivity contribution in [3.8, 4) is 44.5 Å². The Morgan fingerprint density at radius 2 is 0.684 bits per heavy atom. The summed E-state index contributed by atoms with van der Waals surface area (Å²) in [6.07, 6.45) is 0. The van der Waals surface area contributed by atoms with Crippen molar-refractivity contribution in [2.24, 2.45) is 0 Å². The predicted octanol–water partition coefficient (Wildman–Crippen LogP) is 15.6. The molecule has 0 aliphatic rings. The van der Waals surface area contributed by atoms with Crippen molar-refractivity contribution < 1.29 is 8.83 Å². The number of nitrogens with zero attached hydrogens (tertiary/aromatic N) is 1. The first-order chi connectivity index (χ1) is 28.2. The molecule has 0 amide bonds. The normalized spacial score (nSPS) is 11.5. The molecule has 11 aromatic rings. The van der Waals surface area contributed by atoms with Crippen LogP contribution in [0, 0.1) is 0 Å². The van der Waals surface area contributed by atoms with Gasteiger partial charge in [-0.25, -0.2) is 0 Å². The van der Waals surface area contributed by atoms with E-state index in [1.165, 1.54) is 22.3 Å². The lowest BCUT2D eigenvalue weighted by Gasteiger charge is -2.26. The van der Waals surface area contributed by atoms with Crippen LogP contribution in [-0.4, -0.2) is 0 Å². The number of furan rings is 2. The summed E-state index contributed by atoms with van der Waals surface area (Å²) in [5.74, 6) is 0. The summed E-state index contributed by atoms with van der Waals surface area (Å²) in [5, 5.41) is 4.41. The Labute approximate surface area is 330 Å². The van der Waals surface area contributed by atoms with Crippen molar-refractivity contribution in [1.29, 1.82) is 0 Å². The summed E-state index contributed by atoms with van der Waals surface area (Å²) in [6.45, 7) is 0. The van der Waals surface area contributed by atoms with Gasteiger partial charge in [-0.1, -0.05) is 146 Å². The zero-order chi connectivity index (χ0) is 37.7. The Morgan fingerprint density at radius 3 is 1.28 bits per heavy atom. The third-order valence-corrected chi connectivity index (χ3v) is 11.1.